The van der Waals surface area contributed by atoms with Gasteiger partial charge in [-0.15, -0.1) is 0 Å². The summed E-state index contributed by atoms with van der Waals surface area (Å²) in [6.07, 6.45) is 0.312. The van der Waals surface area contributed by atoms with Gasteiger partial charge in [0.15, 0.2) is 0 Å². The Hall–Kier alpha value is -1.56. The van der Waals surface area contributed by atoms with E-state index >= 15 is 0 Å². The van der Waals surface area contributed by atoms with Crippen LogP contribution < -0.4 is 4.72 Å². The fourth-order valence-corrected chi connectivity index (χ4v) is 3.14. The van der Waals surface area contributed by atoms with Crippen LogP contribution in [0.4, 0.5) is 5.69 Å². The Bertz CT molecular complexity index is 548. The lowest BCUT2D eigenvalue weighted by molar-refractivity contribution is -0.127. The average Bonchev–Trinajstić information content (AvgIpc) is 2.29. The summed E-state index contributed by atoms with van der Waals surface area (Å²) in [7, 11) is 0.102. The van der Waals surface area contributed by atoms with Crippen LogP contribution in [0.3, 0.4) is 0 Å². The largest absolute Gasteiger partial charge is 0.349 e. The molecule has 0 spiro atoms. The van der Waals surface area contributed by atoms with Crippen molar-refractivity contribution < 1.29 is 13.2 Å². The monoisotopic (exact) mass is 298 g/mol. The van der Waals surface area contributed by atoms with Crippen LogP contribution in [0.15, 0.2) is 24.3 Å². The van der Waals surface area contributed by atoms with Crippen molar-refractivity contribution >= 4 is 21.6 Å². The van der Waals surface area contributed by atoms with Crippen molar-refractivity contribution in [2.24, 2.45) is 5.92 Å². The van der Waals surface area contributed by atoms with E-state index in [4.69, 9.17) is 0 Å². The fourth-order valence-electron chi connectivity index (χ4n) is 1.68. The highest BCUT2D eigenvalue weighted by Crippen LogP contribution is 2.13. The molecule has 0 saturated heterocycles. The zero-order valence-corrected chi connectivity index (χ0v) is 13.2. The number of benzene rings is 1. The van der Waals surface area contributed by atoms with Gasteiger partial charge in [0, 0.05) is 19.8 Å². The van der Waals surface area contributed by atoms with Gasteiger partial charge in [-0.3, -0.25) is 9.52 Å². The Morgan fingerprint density at radius 1 is 1.20 bits per heavy atom. The van der Waals surface area contributed by atoms with Crippen LogP contribution in [0.5, 0.6) is 0 Å². The molecule has 6 heteroatoms. The lowest BCUT2D eigenvalue weighted by Gasteiger charge is -2.12. The first kappa shape index (κ1) is 16.5. The van der Waals surface area contributed by atoms with Crippen LogP contribution in [0.1, 0.15) is 19.4 Å². The summed E-state index contributed by atoms with van der Waals surface area (Å²) in [5, 5.41) is 0. The van der Waals surface area contributed by atoms with Gasteiger partial charge in [-0.1, -0.05) is 26.0 Å². The molecule has 0 aliphatic heterocycles. The van der Waals surface area contributed by atoms with Gasteiger partial charge in [0.25, 0.3) is 0 Å². The van der Waals surface area contributed by atoms with E-state index in [9.17, 15) is 13.2 Å². The number of anilines is 1. The Morgan fingerprint density at radius 2 is 1.75 bits per heavy atom. The van der Waals surface area contributed by atoms with E-state index < -0.39 is 10.0 Å². The number of rotatable bonds is 6. The zero-order chi connectivity index (χ0) is 15.3. The van der Waals surface area contributed by atoms with Crippen molar-refractivity contribution in [3.05, 3.63) is 29.8 Å². The van der Waals surface area contributed by atoms with Crippen molar-refractivity contribution in [2.45, 2.75) is 20.3 Å². The average molecular weight is 298 g/mol. The van der Waals surface area contributed by atoms with E-state index in [1.807, 2.05) is 13.8 Å². The zero-order valence-electron chi connectivity index (χ0n) is 12.4. The molecule has 1 amide bonds. The van der Waals surface area contributed by atoms with Gasteiger partial charge in [0.2, 0.25) is 15.9 Å². The molecule has 0 atom stereocenters. The maximum atomic E-state index is 11.8. The molecule has 0 aromatic heterocycles. The van der Waals surface area contributed by atoms with Gasteiger partial charge in [-0.25, -0.2) is 8.42 Å². The Morgan fingerprint density at radius 3 is 2.20 bits per heavy atom. The lowest BCUT2D eigenvalue weighted by Crippen LogP contribution is -2.23. The van der Waals surface area contributed by atoms with Crippen LogP contribution in [-0.4, -0.2) is 39.1 Å². The van der Waals surface area contributed by atoms with Crippen molar-refractivity contribution in [1.82, 2.24) is 4.90 Å². The van der Waals surface area contributed by atoms with Gasteiger partial charge >= 0.3 is 0 Å². The third-order valence-electron chi connectivity index (χ3n) is 2.63. The highest BCUT2D eigenvalue weighted by molar-refractivity contribution is 7.92. The molecule has 112 valence electrons. The van der Waals surface area contributed by atoms with Crippen molar-refractivity contribution in [1.29, 1.82) is 0 Å². The van der Waals surface area contributed by atoms with E-state index in [2.05, 4.69) is 4.72 Å². The number of carbonyl (C=O) groups is 1. The number of carbonyl (C=O) groups excluding carboxylic acids is 1. The molecule has 0 fully saturated rings. The first-order chi connectivity index (χ1) is 9.19. The maximum absolute atomic E-state index is 11.8. The molecule has 20 heavy (non-hydrogen) atoms. The van der Waals surface area contributed by atoms with Gasteiger partial charge in [-0.2, -0.15) is 0 Å². The van der Waals surface area contributed by atoms with E-state index in [0.717, 1.165) is 5.56 Å². The predicted octanol–water partition coefficient (Wildman–Crippen LogP) is 1.71. The molecule has 0 radical (unpaired) electrons. The highest BCUT2D eigenvalue weighted by atomic mass is 32.2. The lowest BCUT2D eigenvalue weighted by atomic mass is 10.1. The maximum Gasteiger partial charge on any atom is 0.232 e. The molecule has 1 aromatic rings. The standard InChI is InChI=1S/C14H22N2O3S/c1-11(2)10-20(18,19)15-13-7-5-12(6-8-13)9-14(17)16(3)4/h5-8,11,15H,9-10H2,1-4H3. The van der Waals surface area contributed by atoms with Crippen LogP contribution in [0.2, 0.25) is 0 Å². The van der Waals surface area contributed by atoms with Crippen LogP contribution in [0, 0.1) is 5.92 Å². The third-order valence-corrected chi connectivity index (χ3v) is 4.29. The Labute approximate surface area is 121 Å². The summed E-state index contributed by atoms with van der Waals surface area (Å²) < 4.78 is 26.1. The fraction of sp³-hybridized carbons (Fsp3) is 0.500. The Balaban J connectivity index is 2.70. The first-order valence-corrected chi connectivity index (χ1v) is 8.14. The summed E-state index contributed by atoms with van der Waals surface area (Å²) in [6.45, 7) is 3.71. The van der Waals surface area contributed by atoms with Crippen LogP contribution in [-0.2, 0) is 21.2 Å². The second-order valence-electron chi connectivity index (χ2n) is 5.44. The topological polar surface area (TPSA) is 66.5 Å². The minimum Gasteiger partial charge on any atom is -0.349 e. The number of hydrogen-bond acceptors (Lipinski definition) is 3. The molecule has 1 N–H and O–H groups in total. The van der Waals surface area contributed by atoms with Crippen LogP contribution in [0.25, 0.3) is 0 Å². The summed E-state index contributed by atoms with van der Waals surface area (Å²) in [5.74, 6) is 0.177. The minimum absolute atomic E-state index is 0.0122. The molecule has 0 aliphatic rings. The normalized spacial score (nSPS) is 11.4. The number of hydrogen-bond donors (Lipinski definition) is 1. The van der Waals surface area contributed by atoms with Gasteiger partial charge in [0.05, 0.1) is 12.2 Å². The first-order valence-electron chi connectivity index (χ1n) is 6.49. The van der Waals surface area contributed by atoms with Gasteiger partial charge in [0.1, 0.15) is 0 Å². The van der Waals surface area contributed by atoms with Crippen molar-refractivity contribution in [2.75, 3.05) is 24.6 Å². The van der Waals surface area contributed by atoms with Crippen LogP contribution >= 0.6 is 0 Å². The molecule has 0 saturated carbocycles. The van der Waals surface area contributed by atoms with Gasteiger partial charge in [-0.05, 0) is 23.6 Å². The molecule has 0 heterocycles. The molecular formula is C14H22N2O3S. The minimum atomic E-state index is -3.31. The number of amides is 1. The summed E-state index contributed by atoms with van der Waals surface area (Å²) in [5.41, 5.74) is 1.38. The van der Waals surface area contributed by atoms with Gasteiger partial charge < -0.3 is 4.90 Å². The summed E-state index contributed by atoms with van der Waals surface area (Å²) >= 11 is 0. The molecular weight excluding hydrogens is 276 g/mol. The predicted molar refractivity (Wildman–Crippen MR) is 81.1 cm³/mol. The van der Waals surface area contributed by atoms with E-state index in [0.29, 0.717) is 12.1 Å². The Kier molecular flexibility index (Phi) is 5.56. The second-order valence-corrected chi connectivity index (χ2v) is 7.21. The van der Waals surface area contributed by atoms with Crippen molar-refractivity contribution in [3.63, 3.8) is 0 Å². The summed E-state index contributed by atoms with van der Waals surface area (Å²) in [4.78, 5) is 13.1. The highest BCUT2D eigenvalue weighted by Gasteiger charge is 2.13. The molecule has 1 rings (SSSR count). The molecule has 1 aromatic carbocycles. The quantitative estimate of drug-likeness (QED) is 0.869. The van der Waals surface area contributed by atoms with E-state index in [1.165, 1.54) is 4.90 Å². The molecule has 0 bridgehead atoms. The number of nitrogens with zero attached hydrogens (tertiary/aromatic N) is 1. The second kappa shape index (κ2) is 6.74. The summed E-state index contributed by atoms with van der Waals surface area (Å²) in [6, 6.07) is 6.87. The SMILES string of the molecule is CC(C)CS(=O)(=O)Nc1ccc(CC(=O)N(C)C)cc1. The molecule has 0 unspecified atom stereocenters. The van der Waals surface area contributed by atoms with Crippen molar-refractivity contribution in [3.8, 4) is 0 Å². The number of sulfonamides is 1. The third kappa shape index (κ3) is 5.61. The number of nitrogens with one attached hydrogen (secondary N) is 1. The number of likely N-dealkylation sites (N-methyl/N-ethyl adjacent to an activating group) is 1. The smallest absolute Gasteiger partial charge is 0.232 e. The molecule has 0 aliphatic carbocycles. The van der Waals surface area contributed by atoms with E-state index in [1.54, 1.807) is 38.4 Å². The molecule has 5 nitrogen and oxygen atoms in total. The van der Waals surface area contributed by atoms with E-state index in [-0.39, 0.29) is 17.6 Å².